The molecule has 4 nitrogen and oxygen atoms in total. The molecule has 1 atom stereocenters. The van der Waals surface area contributed by atoms with Crippen LogP contribution in [0.5, 0.6) is 0 Å². The zero-order valence-electron chi connectivity index (χ0n) is 6.99. The van der Waals surface area contributed by atoms with Gasteiger partial charge in [0.25, 0.3) is 0 Å². The molecular weight excluding hydrogens is 178 g/mol. The fourth-order valence-electron chi connectivity index (χ4n) is 1.35. The van der Waals surface area contributed by atoms with Crippen LogP contribution in [-0.2, 0) is 14.8 Å². The highest BCUT2D eigenvalue weighted by Gasteiger charge is 2.30. The van der Waals surface area contributed by atoms with E-state index in [1.165, 1.54) is 0 Å². The average molecular weight is 191 g/mol. The lowest BCUT2D eigenvalue weighted by Gasteiger charge is -2.25. The van der Waals surface area contributed by atoms with Gasteiger partial charge in [0.05, 0.1) is 5.25 Å². The number of nitrogens with two attached hydrogens (primary N) is 1. The maximum atomic E-state index is 10.8. The van der Waals surface area contributed by atoms with E-state index in [9.17, 15) is 13.2 Å². The summed E-state index contributed by atoms with van der Waals surface area (Å²) in [6.45, 7) is 1.58. The lowest BCUT2D eigenvalue weighted by atomic mass is 9.81. The molecule has 2 N–H and O–H groups in total. The van der Waals surface area contributed by atoms with E-state index in [4.69, 9.17) is 5.14 Å². The minimum atomic E-state index is -3.40. The molecule has 1 aliphatic rings. The quantitative estimate of drug-likeness (QED) is 0.683. The molecule has 0 spiro atoms. The first-order valence-corrected chi connectivity index (χ1v) is 5.54. The third kappa shape index (κ3) is 2.28. The lowest BCUT2D eigenvalue weighted by Crippen LogP contribution is -2.32. The van der Waals surface area contributed by atoms with E-state index >= 15 is 0 Å². The molecule has 1 fully saturated rings. The van der Waals surface area contributed by atoms with Crippen LogP contribution in [0.25, 0.3) is 0 Å². The molecular formula is C7H13NO3S. The summed E-state index contributed by atoms with van der Waals surface area (Å²) >= 11 is 0. The fourth-order valence-corrected chi connectivity index (χ4v) is 1.89. The minimum absolute atomic E-state index is 0.224. The van der Waals surface area contributed by atoms with E-state index in [1.807, 2.05) is 0 Å². The monoisotopic (exact) mass is 191 g/mol. The first-order chi connectivity index (χ1) is 5.39. The Balaban J connectivity index is 2.38. The first kappa shape index (κ1) is 9.67. The van der Waals surface area contributed by atoms with Crippen molar-refractivity contribution in [3.05, 3.63) is 0 Å². The van der Waals surface area contributed by atoms with Gasteiger partial charge in [-0.25, -0.2) is 13.6 Å². The van der Waals surface area contributed by atoms with E-state index in [-0.39, 0.29) is 11.7 Å². The molecule has 0 bridgehead atoms. The molecule has 0 heterocycles. The van der Waals surface area contributed by atoms with Crippen molar-refractivity contribution in [2.45, 2.75) is 31.4 Å². The Morgan fingerprint density at radius 1 is 1.58 bits per heavy atom. The first-order valence-electron chi connectivity index (χ1n) is 3.93. The maximum Gasteiger partial charge on any atom is 0.211 e. The van der Waals surface area contributed by atoms with Crippen molar-refractivity contribution in [2.75, 3.05) is 0 Å². The zero-order chi connectivity index (χ0) is 9.35. The number of sulfonamides is 1. The molecule has 5 heteroatoms. The molecule has 1 saturated carbocycles. The molecule has 0 aliphatic heterocycles. The van der Waals surface area contributed by atoms with Crippen LogP contribution in [0.3, 0.4) is 0 Å². The van der Waals surface area contributed by atoms with Gasteiger partial charge < -0.3 is 0 Å². The average Bonchev–Trinajstić information content (AvgIpc) is 1.82. The second kappa shape index (κ2) is 3.14. The number of carbonyl (C=O) groups excluding carboxylic acids is 1. The fraction of sp³-hybridized carbons (Fsp3) is 0.857. The molecule has 1 rings (SSSR count). The van der Waals surface area contributed by atoms with Crippen molar-refractivity contribution in [3.8, 4) is 0 Å². The third-order valence-electron chi connectivity index (χ3n) is 2.26. The molecule has 0 amide bonds. The largest absolute Gasteiger partial charge is 0.300 e. The predicted octanol–water partition coefficient (Wildman–Crippen LogP) is 0.0326. The van der Waals surface area contributed by atoms with E-state index in [1.54, 1.807) is 6.92 Å². The van der Waals surface area contributed by atoms with Gasteiger partial charge in [-0.3, -0.25) is 4.79 Å². The molecule has 12 heavy (non-hydrogen) atoms. The predicted molar refractivity (Wildman–Crippen MR) is 44.9 cm³/mol. The van der Waals surface area contributed by atoms with Crippen LogP contribution < -0.4 is 5.14 Å². The van der Waals surface area contributed by atoms with Crippen LogP contribution in [0.15, 0.2) is 0 Å². The number of primary sulfonamides is 1. The molecule has 0 saturated heterocycles. The van der Waals surface area contributed by atoms with Gasteiger partial charge in [0.15, 0.2) is 0 Å². The second-order valence-electron chi connectivity index (χ2n) is 3.45. The van der Waals surface area contributed by atoms with Crippen molar-refractivity contribution >= 4 is 15.8 Å². The Kier molecular flexibility index (Phi) is 2.53. The maximum absolute atomic E-state index is 10.8. The van der Waals surface area contributed by atoms with Gasteiger partial charge in [-0.2, -0.15) is 0 Å². The van der Waals surface area contributed by atoms with Gasteiger partial charge in [0.1, 0.15) is 5.78 Å². The summed E-state index contributed by atoms with van der Waals surface area (Å²) in [5, 5.41) is 4.41. The Labute approximate surface area is 72.2 Å². The Morgan fingerprint density at radius 2 is 2.08 bits per heavy atom. The van der Waals surface area contributed by atoms with Crippen molar-refractivity contribution in [1.82, 2.24) is 0 Å². The summed E-state index contributed by atoms with van der Waals surface area (Å²) in [6, 6.07) is 0. The van der Waals surface area contributed by atoms with Gasteiger partial charge >= 0.3 is 0 Å². The Hall–Kier alpha value is -0.420. The van der Waals surface area contributed by atoms with Crippen molar-refractivity contribution in [2.24, 2.45) is 11.1 Å². The number of ketones is 1. The van der Waals surface area contributed by atoms with E-state index in [0.717, 1.165) is 0 Å². The van der Waals surface area contributed by atoms with Gasteiger partial charge in [-0.05, 0) is 19.3 Å². The highest BCUT2D eigenvalue weighted by Crippen LogP contribution is 2.28. The van der Waals surface area contributed by atoms with Gasteiger partial charge in [0, 0.05) is 12.8 Å². The van der Waals surface area contributed by atoms with Crippen LogP contribution in [0.2, 0.25) is 0 Å². The summed E-state index contributed by atoms with van der Waals surface area (Å²) in [4.78, 5) is 10.6. The topological polar surface area (TPSA) is 77.2 Å². The summed E-state index contributed by atoms with van der Waals surface area (Å²) in [5.41, 5.74) is 0. The Morgan fingerprint density at radius 3 is 2.42 bits per heavy atom. The van der Waals surface area contributed by atoms with Crippen molar-refractivity contribution in [3.63, 3.8) is 0 Å². The lowest BCUT2D eigenvalue weighted by molar-refractivity contribution is -0.126. The molecule has 0 aromatic carbocycles. The highest BCUT2D eigenvalue weighted by atomic mass is 32.2. The molecule has 0 aromatic heterocycles. The van der Waals surface area contributed by atoms with Gasteiger partial charge in [-0.15, -0.1) is 0 Å². The molecule has 1 aliphatic carbocycles. The number of Topliss-reactive ketones (excluding diaryl/α,β-unsaturated/α-hetero) is 1. The van der Waals surface area contributed by atoms with Crippen LogP contribution in [0.4, 0.5) is 0 Å². The standard InChI is InChI=1S/C7H13NO3S/c1-5(12(8,10)11)2-6-3-7(9)4-6/h5-6H,2-4H2,1H3,(H2,8,10,11). The summed E-state index contributed by atoms with van der Waals surface area (Å²) in [5.74, 6) is 0.465. The van der Waals surface area contributed by atoms with Crippen LogP contribution in [0, 0.1) is 5.92 Å². The van der Waals surface area contributed by atoms with Crippen LogP contribution >= 0.6 is 0 Å². The normalized spacial score (nSPS) is 22.0. The number of hydrogen-bond acceptors (Lipinski definition) is 3. The summed E-state index contributed by atoms with van der Waals surface area (Å²) in [6.07, 6.45) is 1.57. The van der Waals surface area contributed by atoms with E-state index < -0.39 is 15.3 Å². The molecule has 1 unspecified atom stereocenters. The minimum Gasteiger partial charge on any atom is -0.300 e. The van der Waals surface area contributed by atoms with Crippen LogP contribution in [-0.4, -0.2) is 19.5 Å². The van der Waals surface area contributed by atoms with Gasteiger partial charge in [-0.1, -0.05) is 0 Å². The smallest absolute Gasteiger partial charge is 0.211 e. The summed E-state index contributed by atoms with van der Waals surface area (Å²) in [7, 11) is -3.40. The zero-order valence-corrected chi connectivity index (χ0v) is 7.80. The van der Waals surface area contributed by atoms with Crippen molar-refractivity contribution < 1.29 is 13.2 Å². The van der Waals surface area contributed by atoms with E-state index in [0.29, 0.717) is 19.3 Å². The highest BCUT2D eigenvalue weighted by molar-refractivity contribution is 7.89. The molecule has 0 radical (unpaired) electrons. The number of hydrogen-bond donors (Lipinski definition) is 1. The number of rotatable bonds is 3. The summed E-state index contributed by atoms with van der Waals surface area (Å²) < 4.78 is 21.6. The third-order valence-corrected chi connectivity index (χ3v) is 3.57. The number of carbonyl (C=O) groups is 1. The van der Waals surface area contributed by atoms with Crippen LogP contribution in [0.1, 0.15) is 26.2 Å². The molecule has 0 aromatic rings. The van der Waals surface area contributed by atoms with Crippen molar-refractivity contribution in [1.29, 1.82) is 0 Å². The SMILES string of the molecule is CC(CC1CC(=O)C1)S(N)(=O)=O. The molecule has 70 valence electrons. The van der Waals surface area contributed by atoms with E-state index in [2.05, 4.69) is 0 Å². The second-order valence-corrected chi connectivity index (χ2v) is 5.43. The van der Waals surface area contributed by atoms with Gasteiger partial charge in [0.2, 0.25) is 10.0 Å². The Bertz CT molecular complexity index is 275.